The van der Waals surface area contributed by atoms with E-state index in [1.165, 1.54) is 0 Å². The maximum atomic E-state index is 13.3. The number of fused-ring (bicyclic) bond motifs is 1. The minimum Gasteiger partial charge on any atom is -0.345 e. The number of aryl methyl sites for hydroxylation is 1. The summed E-state index contributed by atoms with van der Waals surface area (Å²) in [7, 11) is 0. The van der Waals surface area contributed by atoms with Crippen LogP contribution in [0.2, 0.25) is 0 Å². The molecule has 0 aliphatic rings. The monoisotopic (exact) mass is 457 g/mol. The minimum atomic E-state index is -0.228. The molecule has 4 aromatic heterocycles. The van der Waals surface area contributed by atoms with Gasteiger partial charge in [0.2, 0.25) is 0 Å². The van der Waals surface area contributed by atoms with E-state index in [9.17, 15) is 4.79 Å². The van der Waals surface area contributed by atoms with Crippen LogP contribution in [0.25, 0.3) is 27.6 Å². The molecule has 0 fully saturated rings. The SMILES string of the molecule is CCCCc1c(C(=O)Nc2cccc3[nH]cnc23)cnn1-c1ncc(C)c(-c2cccs2)n1. The summed E-state index contributed by atoms with van der Waals surface area (Å²) in [6.45, 7) is 4.12. The van der Waals surface area contributed by atoms with Gasteiger partial charge in [-0.3, -0.25) is 4.79 Å². The highest BCUT2D eigenvalue weighted by Crippen LogP contribution is 2.27. The van der Waals surface area contributed by atoms with Crippen LogP contribution in [0.5, 0.6) is 0 Å². The van der Waals surface area contributed by atoms with Crippen LogP contribution in [-0.2, 0) is 6.42 Å². The number of thiophene rings is 1. The van der Waals surface area contributed by atoms with Gasteiger partial charge in [-0.25, -0.2) is 19.6 Å². The molecule has 8 nitrogen and oxygen atoms in total. The van der Waals surface area contributed by atoms with Crippen LogP contribution in [0.3, 0.4) is 0 Å². The maximum absolute atomic E-state index is 13.3. The first-order valence-corrected chi connectivity index (χ1v) is 11.7. The topological polar surface area (TPSA) is 101 Å². The first kappa shape index (κ1) is 21.0. The molecule has 0 saturated carbocycles. The Kier molecular flexibility index (Phi) is 5.70. The van der Waals surface area contributed by atoms with Crippen molar-refractivity contribution in [3.8, 4) is 16.5 Å². The number of para-hydroxylation sites is 1. The number of anilines is 1. The lowest BCUT2D eigenvalue weighted by atomic mass is 10.1. The largest absolute Gasteiger partial charge is 0.345 e. The molecular formula is C24H23N7OS. The van der Waals surface area contributed by atoms with Gasteiger partial charge in [-0.05, 0) is 48.9 Å². The van der Waals surface area contributed by atoms with Crippen molar-refractivity contribution in [2.24, 2.45) is 0 Å². The Morgan fingerprint density at radius 2 is 2.09 bits per heavy atom. The van der Waals surface area contributed by atoms with E-state index < -0.39 is 0 Å². The van der Waals surface area contributed by atoms with Gasteiger partial charge < -0.3 is 10.3 Å². The van der Waals surface area contributed by atoms with Crippen LogP contribution in [0, 0.1) is 6.92 Å². The molecule has 0 radical (unpaired) electrons. The molecule has 0 bridgehead atoms. The lowest BCUT2D eigenvalue weighted by molar-refractivity contribution is 0.102. The highest BCUT2D eigenvalue weighted by atomic mass is 32.1. The maximum Gasteiger partial charge on any atom is 0.259 e. The van der Waals surface area contributed by atoms with Crippen molar-refractivity contribution >= 4 is 34.0 Å². The van der Waals surface area contributed by atoms with Crippen molar-refractivity contribution in [1.82, 2.24) is 29.7 Å². The number of aromatic amines is 1. The number of H-pyrrole nitrogens is 1. The highest BCUT2D eigenvalue weighted by Gasteiger charge is 2.21. The number of rotatable bonds is 7. The zero-order valence-corrected chi connectivity index (χ0v) is 19.2. The van der Waals surface area contributed by atoms with Gasteiger partial charge in [0.25, 0.3) is 11.9 Å². The number of hydrogen-bond donors (Lipinski definition) is 2. The number of carbonyl (C=O) groups is 1. The van der Waals surface area contributed by atoms with Crippen LogP contribution in [0.1, 0.15) is 41.4 Å². The minimum absolute atomic E-state index is 0.228. The van der Waals surface area contributed by atoms with Crippen molar-refractivity contribution in [3.63, 3.8) is 0 Å². The van der Waals surface area contributed by atoms with Crippen LogP contribution >= 0.6 is 11.3 Å². The Morgan fingerprint density at radius 1 is 1.18 bits per heavy atom. The molecule has 33 heavy (non-hydrogen) atoms. The third kappa shape index (κ3) is 4.03. The van der Waals surface area contributed by atoms with E-state index in [1.54, 1.807) is 34.7 Å². The normalized spacial score (nSPS) is 11.2. The zero-order chi connectivity index (χ0) is 22.8. The number of hydrogen-bond acceptors (Lipinski definition) is 6. The number of amides is 1. The number of nitrogens with one attached hydrogen (secondary N) is 2. The fourth-order valence-electron chi connectivity index (χ4n) is 3.77. The second-order valence-corrected chi connectivity index (χ2v) is 8.71. The van der Waals surface area contributed by atoms with Gasteiger partial charge in [0.1, 0.15) is 5.52 Å². The van der Waals surface area contributed by atoms with E-state index in [0.717, 1.165) is 45.7 Å². The molecule has 0 saturated heterocycles. The van der Waals surface area contributed by atoms with E-state index in [-0.39, 0.29) is 5.91 Å². The zero-order valence-electron chi connectivity index (χ0n) is 18.4. The fourth-order valence-corrected chi connectivity index (χ4v) is 4.55. The molecule has 1 aromatic carbocycles. The van der Waals surface area contributed by atoms with Crippen molar-refractivity contribution < 1.29 is 4.79 Å². The summed E-state index contributed by atoms with van der Waals surface area (Å²) in [6.07, 6.45) is 7.63. The van der Waals surface area contributed by atoms with Crippen molar-refractivity contribution in [3.05, 3.63) is 71.3 Å². The van der Waals surface area contributed by atoms with Crippen molar-refractivity contribution in [1.29, 1.82) is 0 Å². The summed E-state index contributed by atoms with van der Waals surface area (Å²) < 4.78 is 1.69. The summed E-state index contributed by atoms with van der Waals surface area (Å²) in [5.41, 5.74) is 5.42. The lowest BCUT2D eigenvalue weighted by Crippen LogP contribution is -2.16. The van der Waals surface area contributed by atoms with E-state index in [4.69, 9.17) is 4.98 Å². The number of imidazole rings is 1. The number of nitrogens with zero attached hydrogens (tertiary/aromatic N) is 5. The van der Waals surface area contributed by atoms with Crippen LogP contribution in [-0.4, -0.2) is 35.6 Å². The molecule has 0 aliphatic carbocycles. The summed E-state index contributed by atoms with van der Waals surface area (Å²) in [5, 5.41) is 9.54. The molecule has 4 heterocycles. The molecule has 5 aromatic rings. The van der Waals surface area contributed by atoms with Crippen molar-refractivity contribution in [2.75, 3.05) is 5.32 Å². The Morgan fingerprint density at radius 3 is 2.91 bits per heavy atom. The number of benzene rings is 1. The first-order chi connectivity index (χ1) is 16.2. The van der Waals surface area contributed by atoms with Crippen LogP contribution in [0.4, 0.5) is 5.69 Å². The smallest absolute Gasteiger partial charge is 0.259 e. The van der Waals surface area contributed by atoms with Crippen LogP contribution in [0.15, 0.2) is 54.4 Å². The van der Waals surface area contributed by atoms with Gasteiger partial charge >= 0.3 is 0 Å². The Balaban J connectivity index is 1.53. The molecule has 166 valence electrons. The summed E-state index contributed by atoms with van der Waals surface area (Å²) in [4.78, 5) is 31.1. The Labute approximate surface area is 194 Å². The number of unbranched alkanes of at least 4 members (excludes halogenated alkanes) is 1. The average Bonchev–Trinajstić information content (AvgIpc) is 3.59. The van der Waals surface area contributed by atoms with E-state index in [0.29, 0.717) is 23.6 Å². The second-order valence-electron chi connectivity index (χ2n) is 7.76. The van der Waals surface area contributed by atoms with Gasteiger partial charge in [-0.1, -0.05) is 25.5 Å². The highest BCUT2D eigenvalue weighted by molar-refractivity contribution is 7.13. The van der Waals surface area contributed by atoms with Gasteiger partial charge in [0, 0.05) is 6.20 Å². The molecule has 2 N–H and O–H groups in total. The number of aromatic nitrogens is 6. The van der Waals surface area contributed by atoms with Gasteiger partial charge in [-0.2, -0.15) is 5.10 Å². The molecule has 0 aliphatic heterocycles. The fraction of sp³-hybridized carbons (Fsp3) is 0.208. The molecule has 5 rings (SSSR count). The molecule has 9 heteroatoms. The lowest BCUT2D eigenvalue weighted by Gasteiger charge is -2.11. The van der Waals surface area contributed by atoms with Gasteiger partial charge in [-0.15, -0.1) is 11.3 Å². The van der Waals surface area contributed by atoms with Crippen molar-refractivity contribution in [2.45, 2.75) is 33.1 Å². The molecule has 0 spiro atoms. The predicted octanol–water partition coefficient (Wildman–Crippen LogP) is 5.17. The number of carbonyl (C=O) groups excluding carboxylic acids is 1. The van der Waals surface area contributed by atoms with E-state index in [2.05, 4.69) is 32.3 Å². The molecule has 1 amide bonds. The molecular weight excluding hydrogens is 434 g/mol. The van der Waals surface area contributed by atoms with Gasteiger partial charge in [0.05, 0.1) is 45.6 Å². The third-order valence-corrected chi connectivity index (χ3v) is 6.36. The average molecular weight is 458 g/mol. The summed E-state index contributed by atoms with van der Waals surface area (Å²) in [6, 6.07) is 9.68. The third-order valence-electron chi connectivity index (χ3n) is 5.48. The van der Waals surface area contributed by atoms with E-state index >= 15 is 0 Å². The second kappa shape index (κ2) is 8.95. The predicted molar refractivity (Wildman–Crippen MR) is 130 cm³/mol. The molecule has 0 unspecified atom stereocenters. The van der Waals surface area contributed by atoms with Gasteiger partial charge in [0.15, 0.2) is 0 Å². The summed E-state index contributed by atoms with van der Waals surface area (Å²) >= 11 is 1.63. The van der Waals surface area contributed by atoms with E-state index in [1.807, 2.05) is 42.6 Å². The summed E-state index contributed by atoms with van der Waals surface area (Å²) in [5.74, 6) is 0.233. The first-order valence-electron chi connectivity index (χ1n) is 10.8. The van der Waals surface area contributed by atoms with Crippen LogP contribution < -0.4 is 5.32 Å². The standard InChI is InChI=1S/C24H23N7OS/c1-3-4-9-19-16(23(32)29-18-8-5-7-17-22(18)27-14-26-17)13-28-31(19)24-25-12-15(2)21(30-24)20-10-6-11-33-20/h5-8,10-14H,3-4,9H2,1-2H3,(H,26,27)(H,29,32). The quantitative estimate of drug-likeness (QED) is 0.351. The Bertz CT molecular complexity index is 1420. The Hall–Kier alpha value is -3.85. The molecule has 0 atom stereocenters.